The van der Waals surface area contributed by atoms with Crippen LogP contribution in [0.1, 0.15) is 52.0 Å². The van der Waals surface area contributed by atoms with Crippen molar-refractivity contribution in [3.63, 3.8) is 0 Å². The molecule has 0 amide bonds. The average molecular weight is 325 g/mol. The van der Waals surface area contributed by atoms with E-state index in [9.17, 15) is 5.11 Å². The van der Waals surface area contributed by atoms with Crippen molar-refractivity contribution in [2.75, 3.05) is 27.2 Å². The fourth-order valence-corrected chi connectivity index (χ4v) is 3.60. The number of ether oxygens (including phenoxy) is 2. The van der Waals surface area contributed by atoms with Crippen molar-refractivity contribution in [2.45, 2.75) is 45.2 Å². The van der Waals surface area contributed by atoms with Gasteiger partial charge in [0.05, 0.1) is 24.4 Å². The number of aliphatic hydroxyl groups is 1. The molecule has 0 aromatic heterocycles. The summed E-state index contributed by atoms with van der Waals surface area (Å²) in [7, 11) is -1.25. The highest BCUT2D eigenvalue weighted by Crippen LogP contribution is 2.43. The zero-order valence-corrected chi connectivity index (χ0v) is 13.9. The highest BCUT2D eigenvalue weighted by molar-refractivity contribution is 5.49. The Balaban J connectivity index is 2.06. The lowest BCUT2D eigenvalue weighted by molar-refractivity contribution is -0.0191. The lowest BCUT2D eigenvalue weighted by atomic mass is 9.79. The minimum Gasteiger partial charge on any atom is -0.493 e. The standard InChI is InChI=1S/C19H29NO3/c1-12(2)7-14-11-20-6-5-13-8-18(22-3)19(23-4)9-15(13)16(20)10-17(14)21/h8-9,12,14,16-17,21H,5-7,10-11H2,1-4H3/i4D3,10D2,14D. The van der Waals surface area contributed by atoms with Crippen LogP contribution in [0.4, 0.5) is 0 Å². The van der Waals surface area contributed by atoms with Crippen LogP contribution in [0.15, 0.2) is 12.1 Å². The summed E-state index contributed by atoms with van der Waals surface area (Å²) in [6.07, 6.45) is -2.56. The predicted molar refractivity (Wildman–Crippen MR) is 91.1 cm³/mol. The maximum atomic E-state index is 10.9. The number of methoxy groups -OCH3 is 2. The molecule has 0 saturated carbocycles. The molecule has 23 heavy (non-hydrogen) atoms. The molecular formula is C19H29NO3. The Hall–Kier alpha value is -1.26. The smallest absolute Gasteiger partial charge is 0.161 e. The molecule has 2 aliphatic heterocycles. The quantitative estimate of drug-likeness (QED) is 0.924. The predicted octanol–water partition coefficient (Wildman–Crippen LogP) is 3.03. The zero-order chi connectivity index (χ0) is 21.8. The summed E-state index contributed by atoms with van der Waals surface area (Å²) in [5.41, 5.74) is 1.41. The number of nitrogens with zero attached hydrogens (tertiary/aromatic N) is 1. The van der Waals surface area contributed by atoms with E-state index in [1.165, 1.54) is 13.2 Å². The van der Waals surface area contributed by atoms with Gasteiger partial charge in [0.15, 0.2) is 11.5 Å². The summed E-state index contributed by atoms with van der Waals surface area (Å²) < 4.78 is 58.8. The Labute approximate surface area is 147 Å². The van der Waals surface area contributed by atoms with Gasteiger partial charge in [0.1, 0.15) is 0 Å². The number of benzene rings is 1. The molecule has 3 unspecified atom stereocenters. The second-order valence-electron chi connectivity index (χ2n) is 6.75. The first-order valence-corrected chi connectivity index (χ1v) is 8.10. The first-order chi connectivity index (χ1) is 13.3. The van der Waals surface area contributed by atoms with E-state index in [1.54, 1.807) is 6.07 Å². The highest BCUT2D eigenvalue weighted by Gasteiger charge is 2.38. The van der Waals surface area contributed by atoms with Crippen LogP contribution in [0.5, 0.6) is 11.5 Å². The second kappa shape index (κ2) is 6.70. The lowest BCUT2D eigenvalue weighted by Gasteiger charge is -2.46. The monoisotopic (exact) mass is 325 g/mol. The molecule has 0 aliphatic carbocycles. The normalized spacial score (nSPS) is 37.3. The molecule has 1 fully saturated rings. The molecule has 0 radical (unpaired) electrons. The Bertz CT molecular complexity index is 769. The zero-order valence-electron chi connectivity index (χ0n) is 19.9. The fraction of sp³-hybridized carbons (Fsp3) is 0.684. The fourth-order valence-electron chi connectivity index (χ4n) is 3.60. The van der Waals surface area contributed by atoms with Crippen LogP contribution in [0.25, 0.3) is 0 Å². The Morgan fingerprint density at radius 1 is 1.43 bits per heavy atom. The van der Waals surface area contributed by atoms with Gasteiger partial charge in [-0.2, -0.15) is 0 Å². The summed E-state index contributed by atoms with van der Waals surface area (Å²) in [5, 5.41) is 10.9. The number of hydrogen-bond acceptors (Lipinski definition) is 4. The number of fused-ring (bicyclic) bond motifs is 3. The number of piperidine rings is 1. The van der Waals surface area contributed by atoms with Gasteiger partial charge in [-0.1, -0.05) is 13.8 Å². The molecule has 0 spiro atoms. The van der Waals surface area contributed by atoms with Gasteiger partial charge in [-0.3, -0.25) is 4.90 Å². The van der Waals surface area contributed by atoms with Gasteiger partial charge in [-0.25, -0.2) is 0 Å². The molecule has 1 N–H and O–H groups in total. The molecule has 4 heteroatoms. The summed E-state index contributed by atoms with van der Waals surface area (Å²) in [4.78, 5) is 1.90. The Morgan fingerprint density at radius 2 is 2.22 bits per heavy atom. The minimum atomic E-state index is -2.67. The third-order valence-electron chi connectivity index (χ3n) is 4.64. The minimum absolute atomic E-state index is 0.0169. The second-order valence-corrected chi connectivity index (χ2v) is 6.75. The SMILES string of the molecule is [2H]C([2H])([2H])Oc1cc2c(cc1OC)CCN1CC([2H])(CC(C)C)C(O)C([2H])([2H])C21. The van der Waals surface area contributed by atoms with E-state index >= 15 is 0 Å². The van der Waals surface area contributed by atoms with E-state index in [1.807, 2.05) is 18.7 Å². The molecule has 3 atom stereocenters. The third kappa shape index (κ3) is 3.20. The molecular weight excluding hydrogens is 290 g/mol. The molecule has 3 rings (SSSR count). The van der Waals surface area contributed by atoms with Crippen LogP contribution in [-0.4, -0.2) is 43.3 Å². The van der Waals surface area contributed by atoms with Crippen LogP contribution < -0.4 is 9.47 Å². The van der Waals surface area contributed by atoms with Crippen molar-refractivity contribution in [3.05, 3.63) is 23.3 Å². The van der Waals surface area contributed by atoms with Crippen LogP contribution in [-0.2, 0) is 6.42 Å². The van der Waals surface area contributed by atoms with E-state index in [-0.39, 0.29) is 24.0 Å². The molecule has 1 aromatic carbocycles. The summed E-state index contributed by atoms with van der Waals surface area (Å²) >= 11 is 0. The molecule has 1 saturated heterocycles. The molecule has 2 aliphatic rings. The number of aliphatic hydroxyl groups excluding tert-OH is 1. The third-order valence-corrected chi connectivity index (χ3v) is 4.64. The van der Waals surface area contributed by atoms with Gasteiger partial charge >= 0.3 is 0 Å². The van der Waals surface area contributed by atoms with Crippen molar-refractivity contribution >= 4 is 0 Å². The van der Waals surface area contributed by atoms with E-state index in [0.29, 0.717) is 24.9 Å². The van der Waals surface area contributed by atoms with Crippen LogP contribution in [0, 0.1) is 11.8 Å². The highest BCUT2D eigenvalue weighted by atomic mass is 16.5. The van der Waals surface area contributed by atoms with Gasteiger partial charge in [0.25, 0.3) is 0 Å². The molecule has 4 nitrogen and oxygen atoms in total. The van der Waals surface area contributed by atoms with Crippen LogP contribution >= 0.6 is 0 Å². The number of hydrogen-bond donors (Lipinski definition) is 1. The van der Waals surface area contributed by atoms with Gasteiger partial charge < -0.3 is 14.6 Å². The van der Waals surface area contributed by atoms with Gasteiger partial charge in [-0.05, 0) is 54.3 Å². The Kier molecular flexibility index (Phi) is 3.08. The van der Waals surface area contributed by atoms with Crippen molar-refractivity contribution in [1.82, 2.24) is 4.90 Å². The van der Waals surface area contributed by atoms with Crippen molar-refractivity contribution < 1.29 is 22.8 Å². The topological polar surface area (TPSA) is 41.9 Å². The van der Waals surface area contributed by atoms with Gasteiger partial charge in [0, 0.05) is 23.2 Å². The maximum absolute atomic E-state index is 10.9. The van der Waals surface area contributed by atoms with E-state index in [2.05, 4.69) is 0 Å². The van der Waals surface area contributed by atoms with E-state index in [0.717, 1.165) is 5.56 Å². The van der Waals surface area contributed by atoms with Crippen LogP contribution in [0.2, 0.25) is 0 Å². The molecule has 128 valence electrons. The number of rotatable bonds is 4. The maximum Gasteiger partial charge on any atom is 0.161 e. The first kappa shape index (κ1) is 10.6. The van der Waals surface area contributed by atoms with Crippen molar-refractivity contribution in [3.8, 4) is 11.5 Å². The van der Waals surface area contributed by atoms with Gasteiger partial charge in [-0.15, -0.1) is 0 Å². The molecule has 2 heterocycles. The van der Waals surface area contributed by atoms with Crippen LogP contribution in [0.3, 0.4) is 0 Å². The van der Waals surface area contributed by atoms with Crippen molar-refractivity contribution in [2.24, 2.45) is 11.8 Å². The first-order valence-electron chi connectivity index (χ1n) is 11.1. The summed E-state index contributed by atoms with van der Waals surface area (Å²) in [6.45, 7) is 4.71. The summed E-state index contributed by atoms with van der Waals surface area (Å²) in [5.74, 6) is -0.866. The van der Waals surface area contributed by atoms with Gasteiger partial charge in [0.2, 0.25) is 0 Å². The lowest BCUT2D eigenvalue weighted by Crippen LogP contribution is -2.48. The summed E-state index contributed by atoms with van der Waals surface area (Å²) in [6, 6.07) is 2.41. The van der Waals surface area contributed by atoms with Crippen molar-refractivity contribution in [1.29, 1.82) is 0 Å². The molecule has 0 bridgehead atoms. The Morgan fingerprint density at radius 3 is 2.91 bits per heavy atom. The largest absolute Gasteiger partial charge is 0.493 e. The van der Waals surface area contributed by atoms with E-state index in [4.69, 9.17) is 17.7 Å². The molecule has 1 aromatic rings. The average Bonchev–Trinajstić information content (AvgIpc) is 2.57. The van der Waals surface area contributed by atoms with E-state index < -0.39 is 31.5 Å².